The number of aromatic amines is 1. The van der Waals surface area contributed by atoms with E-state index >= 15 is 0 Å². The molecule has 1 aliphatic carbocycles. The van der Waals surface area contributed by atoms with Gasteiger partial charge in [0, 0.05) is 6.04 Å². The average Bonchev–Trinajstić information content (AvgIpc) is 2.70. The molecular weight excluding hydrogens is 262 g/mol. The predicted molar refractivity (Wildman–Crippen MR) is 85.2 cm³/mol. The number of hydrogen-bond donors (Lipinski definition) is 2. The van der Waals surface area contributed by atoms with Crippen LogP contribution in [-0.2, 0) is 6.54 Å². The van der Waals surface area contributed by atoms with Crippen LogP contribution in [0, 0.1) is 5.92 Å². The van der Waals surface area contributed by atoms with Gasteiger partial charge in [0.25, 0.3) is 5.56 Å². The fourth-order valence-electron chi connectivity index (χ4n) is 3.15. The van der Waals surface area contributed by atoms with Crippen molar-refractivity contribution >= 4 is 10.9 Å². The molecule has 1 fully saturated rings. The molecule has 0 bridgehead atoms. The van der Waals surface area contributed by atoms with E-state index < -0.39 is 0 Å². The highest BCUT2D eigenvalue weighted by atomic mass is 16.1. The molecule has 2 aromatic rings. The van der Waals surface area contributed by atoms with Gasteiger partial charge in [0.2, 0.25) is 0 Å². The summed E-state index contributed by atoms with van der Waals surface area (Å²) in [5, 5.41) is 4.21. The van der Waals surface area contributed by atoms with E-state index in [4.69, 9.17) is 0 Å². The molecule has 0 radical (unpaired) electrons. The van der Waals surface area contributed by atoms with E-state index in [9.17, 15) is 4.79 Å². The summed E-state index contributed by atoms with van der Waals surface area (Å²) in [6, 6.07) is 8.03. The molecule has 0 saturated heterocycles. The van der Waals surface area contributed by atoms with Crippen LogP contribution in [0.1, 0.15) is 44.9 Å². The van der Waals surface area contributed by atoms with Crippen molar-refractivity contribution in [1.82, 2.24) is 15.3 Å². The number of nitrogens with zero attached hydrogens (tertiary/aromatic N) is 1. The average molecular weight is 285 g/mol. The highest BCUT2D eigenvalue weighted by molar-refractivity contribution is 5.77. The lowest BCUT2D eigenvalue weighted by Gasteiger charge is -2.16. The third kappa shape index (κ3) is 3.50. The SMILES string of the molecule is CC1CCCC(NCc2nc3ccccc3c(=O)[nH]2)CC1. The van der Waals surface area contributed by atoms with E-state index in [1.165, 1.54) is 32.1 Å². The van der Waals surface area contributed by atoms with E-state index in [0.717, 1.165) is 17.3 Å². The van der Waals surface area contributed by atoms with Crippen LogP contribution in [0.15, 0.2) is 29.1 Å². The second kappa shape index (κ2) is 6.39. The second-order valence-corrected chi connectivity index (χ2v) is 6.22. The number of aromatic nitrogens is 2. The molecule has 1 saturated carbocycles. The molecule has 2 N–H and O–H groups in total. The molecule has 1 aromatic carbocycles. The summed E-state index contributed by atoms with van der Waals surface area (Å²) < 4.78 is 0. The third-order valence-corrected chi connectivity index (χ3v) is 4.48. The number of rotatable bonds is 3. The quantitative estimate of drug-likeness (QED) is 0.852. The molecule has 0 spiro atoms. The Balaban J connectivity index is 1.69. The van der Waals surface area contributed by atoms with Gasteiger partial charge < -0.3 is 10.3 Å². The van der Waals surface area contributed by atoms with E-state index in [1.54, 1.807) is 0 Å². The van der Waals surface area contributed by atoms with Crippen LogP contribution in [0.4, 0.5) is 0 Å². The van der Waals surface area contributed by atoms with E-state index in [2.05, 4.69) is 22.2 Å². The molecular formula is C17H23N3O. The standard InChI is InChI=1S/C17H23N3O/c1-12-5-4-6-13(10-9-12)18-11-16-19-15-8-3-2-7-14(15)17(21)20-16/h2-3,7-8,12-13,18H,4-6,9-11H2,1H3,(H,19,20,21). The Bertz CT molecular complexity index is 664. The predicted octanol–water partition coefficient (Wildman–Crippen LogP) is 2.98. The summed E-state index contributed by atoms with van der Waals surface area (Å²) in [5.41, 5.74) is 0.722. The van der Waals surface area contributed by atoms with Gasteiger partial charge in [-0.2, -0.15) is 0 Å². The highest BCUT2D eigenvalue weighted by Gasteiger charge is 2.16. The number of H-pyrrole nitrogens is 1. The Hall–Kier alpha value is -1.68. The molecule has 0 aliphatic heterocycles. The fourth-order valence-corrected chi connectivity index (χ4v) is 3.15. The third-order valence-electron chi connectivity index (χ3n) is 4.48. The van der Waals surface area contributed by atoms with Gasteiger partial charge in [-0.05, 0) is 37.3 Å². The molecule has 0 amide bonds. The second-order valence-electron chi connectivity index (χ2n) is 6.22. The number of para-hydroxylation sites is 1. The minimum absolute atomic E-state index is 0.0492. The van der Waals surface area contributed by atoms with Gasteiger partial charge >= 0.3 is 0 Å². The van der Waals surface area contributed by atoms with Crippen LogP contribution in [0.5, 0.6) is 0 Å². The Morgan fingerprint density at radius 2 is 2.10 bits per heavy atom. The Labute approximate surface area is 125 Å². The van der Waals surface area contributed by atoms with E-state index in [-0.39, 0.29) is 5.56 Å². The normalized spacial score (nSPS) is 23.1. The highest BCUT2D eigenvalue weighted by Crippen LogP contribution is 2.22. The first-order chi connectivity index (χ1) is 10.2. The lowest BCUT2D eigenvalue weighted by Crippen LogP contribution is -2.29. The van der Waals surface area contributed by atoms with Gasteiger partial charge in [-0.1, -0.05) is 31.9 Å². The largest absolute Gasteiger partial charge is 0.309 e. The van der Waals surface area contributed by atoms with Gasteiger partial charge in [-0.25, -0.2) is 4.98 Å². The van der Waals surface area contributed by atoms with Gasteiger partial charge in [0.1, 0.15) is 5.82 Å². The molecule has 1 aromatic heterocycles. The molecule has 4 heteroatoms. The topological polar surface area (TPSA) is 57.8 Å². The first-order valence-corrected chi connectivity index (χ1v) is 7.93. The number of fused-ring (bicyclic) bond motifs is 1. The van der Waals surface area contributed by atoms with Crippen LogP contribution in [-0.4, -0.2) is 16.0 Å². The zero-order valence-electron chi connectivity index (χ0n) is 12.6. The lowest BCUT2D eigenvalue weighted by molar-refractivity contribution is 0.442. The van der Waals surface area contributed by atoms with E-state index in [0.29, 0.717) is 18.0 Å². The maximum absolute atomic E-state index is 12.0. The van der Waals surface area contributed by atoms with Crippen LogP contribution in [0.25, 0.3) is 10.9 Å². The maximum atomic E-state index is 12.0. The summed E-state index contributed by atoms with van der Waals surface area (Å²) in [7, 11) is 0. The summed E-state index contributed by atoms with van der Waals surface area (Å²) in [6.45, 7) is 2.98. The van der Waals surface area contributed by atoms with Crippen molar-refractivity contribution in [3.8, 4) is 0 Å². The summed E-state index contributed by atoms with van der Waals surface area (Å²) in [5.74, 6) is 1.58. The molecule has 3 rings (SSSR count). The first-order valence-electron chi connectivity index (χ1n) is 7.93. The van der Waals surface area contributed by atoms with Crippen molar-refractivity contribution in [2.45, 2.75) is 51.6 Å². The van der Waals surface area contributed by atoms with Gasteiger partial charge in [0.15, 0.2) is 0 Å². The number of hydrogen-bond acceptors (Lipinski definition) is 3. The van der Waals surface area contributed by atoms with Crippen LogP contribution in [0.2, 0.25) is 0 Å². The number of nitrogens with one attached hydrogen (secondary N) is 2. The first kappa shape index (κ1) is 14.3. The van der Waals surface area contributed by atoms with Crippen LogP contribution in [0.3, 0.4) is 0 Å². The molecule has 21 heavy (non-hydrogen) atoms. The Morgan fingerprint density at radius 3 is 3.00 bits per heavy atom. The van der Waals surface area contributed by atoms with Crippen molar-refractivity contribution in [3.05, 3.63) is 40.4 Å². The van der Waals surface area contributed by atoms with Crippen molar-refractivity contribution in [1.29, 1.82) is 0 Å². The monoisotopic (exact) mass is 285 g/mol. The van der Waals surface area contributed by atoms with E-state index in [1.807, 2.05) is 24.3 Å². The van der Waals surface area contributed by atoms with Crippen molar-refractivity contribution in [3.63, 3.8) is 0 Å². The van der Waals surface area contributed by atoms with Crippen LogP contribution < -0.4 is 10.9 Å². The van der Waals surface area contributed by atoms with Crippen molar-refractivity contribution in [2.24, 2.45) is 5.92 Å². The summed E-state index contributed by atoms with van der Waals surface area (Å²) in [6.07, 6.45) is 6.37. The van der Waals surface area contributed by atoms with Crippen molar-refractivity contribution in [2.75, 3.05) is 0 Å². The zero-order chi connectivity index (χ0) is 14.7. The molecule has 4 nitrogen and oxygen atoms in total. The summed E-state index contributed by atoms with van der Waals surface area (Å²) in [4.78, 5) is 19.5. The summed E-state index contributed by atoms with van der Waals surface area (Å²) >= 11 is 0. The Morgan fingerprint density at radius 1 is 1.24 bits per heavy atom. The van der Waals surface area contributed by atoms with Gasteiger partial charge in [-0.3, -0.25) is 4.79 Å². The minimum atomic E-state index is -0.0492. The van der Waals surface area contributed by atoms with Gasteiger partial charge in [0.05, 0.1) is 17.4 Å². The molecule has 2 unspecified atom stereocenters. The molecule has 2 atom stereocenters. The van der Waals surface area contributed by atoms with Crippen molar-refractivity contribution < 1.29 is 0 Å². The van der Waals surface area contributed by atoms with Gasteiger partial charge in [-0.15, -0.1) is 0 Å². The lowest BCUT2D eigenvalue weighted by atomic mass is 10.0. The zero-order valence-corrected chi connectivity index (χ0v) is 12.6. The molecule has 112 valence electrons. The maximum Gasteiger partial charge on any atom is 0.258 e. The number of benzene rings is 1. The molecule has 1 heterocycles. The molecule has 1 aliphatic rings. The minimum Gasteiger partial charge on any atom is -0.309 e. The fraction of sp³-hybridized carbons (Fsp3) is 0.529. The smallest absolute Gasteiger partial charge is 0.258 e. The van der Waals surface area contributed by atoms with Crippen LogP contribution >= 0.6 is 0 Å². The Kier molecular flexibility index (Phi) is 4.34.